The summed E-state index contributed by atoms with van der Waals surface area (Å²) >= 11 is 0. The summed E-state index contributed by atoms with van der Waals surface area (Å²) in [4.78, 5) is 12.1. The minimum atomic E-state index is -1.26. The summed E-state index contributed by atoms with van der Waals surface area (Å²) in [5, 5.41) is 10.1. The predicted octanol–water partition coefficient (Wildman–Crippen LogP) is 5.14. The van der Waals surface area contributed by atoms with Crippen molar-refractivity contribution in [3.05, 3.63) is 88.7 Å². The summed E-state index contributed by atoms with van der Waals surface area (Å²) in [6.07, 6.45) is 0. The van der Waals surface area contributed by atoms with Crippen LogP contribution in [0.2, 0.25) is 0 Å². The Hall–Kier alpha value is -3.28. The number of hydrogen-bond donors (Lipinski definition) is 1. The number of aryl methyl sites for hydroxylation is 1. The second-order valence-corrected chi connectivity index (χ2v) is 5.94. The smallest absolute Gasteiger partial charge is 0.341 e. The third-order valence-electron chi connectivity index (χ3n) is 4.11. The fourth-order valence-electron chi connectivity index (χ4n) is 2.59. The van der Waals surface area contributed by atoms with Gasteiger partial charge >= 0.3 is 5.97 Å². The molecule has 3 aromatic carbocycles. The Morgan fingerprint density at radius 1 is 0.889 bits per heavy atom. The van der Waals surface area contributed by atoms with E-state index in [1.54, 1.807) is 30.3 Å². The Kier molecular flexibility index (Phi) is 5.16. The maximum atomic E-state index is 14.5. The van der Waals surface area contributed by atoms with Gasteiger partial charge in [-0.25, -0.2) is 18.0 Å². The van der Waals surface area contributed by atoms with Gasteiger partial charge in [0.15, 0.2) is 23.2 Å². The van der Waals surface area contributed by atoms with Crippen molar-refractivity contribution in [1.29, 1.82) is 0 Å². The lowest BCUT2D eigenvalue weighted by atomic mass is 10.00. The molecule has 0 unspecified atom stereocenters. The van der Waals surface area contributed by atoms with Crippen LogP contribution in [-0.2, 0) is 11.3 Å². The van der Waals surface area contributed by atoms with E-state index < -0.39 is 34.7 Å². The van der Waals surface area contributed by atoms with E-state index in [9.17, 15) is 23.1 Å². The van der Waals surface area contributed by atoms with Gasteiger partial charge in [-0.15, -0.1) is 0 Å². The van der Waals surface area contributed by atoms with Crippen molar-refractivity contribution in [1.82, 2.24) is 0 Å². The molecule has 6 heteroatoms. The van der Waals surface area contributed by atoms with Crippen LogP contribution in [0.3, 0.4) is 0 Å². The number of phenols is 1. The van der Waals surface area contributed by atoms with Gasteiger partial charge in [0.05, 0.1) is 5.56 Å². The van der Waals surface area contributed by atoms with Crippen LogP contribution >= 0.6 is 0 Å². The van der Waals surface area contributed by atoms with Gasteiger partial charge in [-0.3, -0.25) is 0 Å². The maximum absolute atomic E-state index is 14.5. The normalized spacial score (nSPS) is 10.7. The van der Waals surface area contributed by atoms with E-state index >= 15 is 0 Å². The number of ether oxygens (including phenoxy) is 1. The number of carbonyl (C=O) groups is 1. The van der Waals surface area contributed by atoms with Gasteiger partial charge in [0.25, 0.3) is 0 Å². The third-order valence-corrected chi connectivity index (χ3v) is 4.11. The molecule has 138 valence electrons. The number of carbonyl (C=O) groups excluding carboxylic acids is 1. The lowest BCUT2D eigenvalue weighted by Crippen LogP contribution is -2.08. The molecule has 0 aliphatic heterocycles. The molecule has 0 aliphatic rings. The standard InChI is InChI=1S/C21H15F3O3/c1-12-7-8-14(18(23)17(12)22)15-9-10-16(19(24)20(15)25)21(26)27-11-13-5-3-2-4-6-13/h2-10,25H,11H2,1H3. The van der Waals surface area contributed by atoms with Crippen LogP contribution in [0.4, 0.5) is 13.2 Å². The monoisotopic (exact) mass is 372 g/mol. The zero-order valence-electron chi connectivity index (χ0n) is 14.3. The van der Waals surface area contributed by atoms with E-state index in [1.165, 1.54) is 19.1 Å². The number of rotatable bonds is 4. The first-order valence-corrected chi connectivity index (χ1v) is 8.07. The molecule has 3 aromatic rings. The number of aromatic hydroxyl groups is 1. The van der Waals surface area contributed by atoms with Crippen molar-refractivity contribution in [3.63, 3.8) is 0 Å². The van der Waals surface area contributed by atoms with Crippen LogP contribution in [0.15, 0.2) is 54.6 Å². The Morgan fingerprint density at radius 3 is 2.26 bits per heavy atom. The highest BCUT2D eigenvalue weighted by atomic mass is 19.2. The van der Waals surface area contributed by atoms with Crippen LogP contribution in [0.5, 0.6) is 5.75 Å². The van der Waals surface area contributed by atoms with Crippen LogP contribution in [0, 0.1) is 24.4 Å². The first-order valence-electron chi connectivity index (χ1n) is 8.07. The summed E-state index contributed by atoms with van der Waals surface area (Å²) in [7, 11) is 0. The third kappa shape index (κ3) is 3.65. The number of benzene rings is 3. The molecular weight excluding hydrogens is 357 g/mol. The topological polar surface area (TPSA) is 46.5 Å². The van der Waals surface area contributed by atoms with Crippen molar-refractivity contribution in [2.24, 2.45) is 0 Å². The summed E-state index contributed by atoms with van der Waals surface area (Å²) in [5.41, 5.74) is -0.274. The second-order valence-electron chi connectivity index (χ2n) is 5.94. The molecule has 1 N–H and O–H groups in total. The zero-order chi connectivity index (χ0) is 19.6. The number of halogens is 3. The molecule has 0 aromatic heterocycles. The molecule has 0 amide bonds. The van der Waals surface area contributed by atoms with Crippen molar-refractivity contribution < 1.29 is 27.8 Å². The van der Waals surface area contributed by atoms with Gasteiger partial charge in [-0.2, -0.15) is 0 Å². The lowest BCUT2D eigenvalue weighted by Gasteiger charge is -2.11. The summed E-state index contributed by atoms with van der Waals surface area (Å²) in [6.45, 7) is 1.31. The van der Waals surface area contributed by atoms with Crippen molar-refractivity contribution in [2.45, 2.75) is 13.5 Å². The molecule has 0 spiro atoms. The fraction of sp³-hybridized carbons (Fsp3) is 0.0952. The molecule has 0 saturated heterocycles. The highest BCUT2D eigenvalue weighted by molar-refractivity contribution is 5.91. The second kappa shape index (κ2) is 7.53. The van der Waals surface area contributed by atoms with Crippen molar-refractivity contribution in [3.8, 4) is 16.9 Å². The minimum Gasteiger partial charge on any atom is -0.504 e. The molecular formula is C21H15F3O3. The van der Waals surface area contributed by atoms with Crippen LogP contribution in [0.1, 0.15) is 21.5 Å². The molecule has 0 aliphatic carbocycles. The predicted molar refractivity (Wildman–Crippen MR) is 93.7 cm³/mol. The lowest BCUT2D eigenvalue weighted by molar-refractivity contribution is 0.0466. The Bertz CT molecular complexity index is 1000. The van der Waals surface area contributed by atoms with E-state index in [2.05, 4.69) is 0 Å². The van der Waals surface area contributed by atoms with E-state index in [0.717, 1.165) is 12.1 Å². The van der Waals surface area contributed by atoms with E-state index in [-0.39, 0.29) is 23.3 Å². The van der Waals surface area contributed by atoms with Crippen LogP contribution in [-0.4, -0.2) is 11.1 Å². The van der Waals surface area contributed by atoms with E-state index in [0.29, 0.717) is 5.56 Å². The highest BCUT2D eigenvalue weighted by Gasteiger charge is 2.22. The zero-order valence-corrected chi connectivity index (χ0v) is 14.3. The minimum absolute atomic E-state index is 0.0700. The molecule has 0 fully saturated rings. The average Bonchev–Trinajstić information content (AvgIpc) is 2.68. The summed E-state index contributed by atoms with van der Waals surface area (Å²) in [5.74, 6) is -5.48. The first-order chi connectivity index (χ1) is 12.9. The van der Waals surface area contributed by atoms with E-state index in [4.69, 9.17) is 4.74 Å². The fourth-order valence-corrected chi connectivity index (χ4v) is 2.59. The quantitative estimate of drug-likeness (QED) is 0.645. The van der Waals surface area contributed by atoms with Gasteiger partial charge in [-0.05, 0) is 30.2 Å². The Morgan fingerprint density at radius 2 is 1.56 bits per heavy atom. The molecule has 27 heavy (non-hydrogen) atoms. The van der Waals surface area contributed by atoms with Gasteiger partial charge < -0.3 is 9.84 Å². The first kappa shape index (κ1) is 18.5. The largest absolute Gasteiger partial charge is 0.504 e. The maximum Gasteiger partial charge on any atom is 0.341 e. The molecule has 3 rings (SSSR count). The summed E-state index contributed by atoms with van der Waals surface area (Å²) < 4.78 is 47.4. The molecule has 0 heterocycles. The SMILES string of the molecule is Cc1ccc(-c2ccc(C(=O)OCc3ccccc3)c(F)c2O)c(F)c1F. The number of phenolic OH excluding ortho intramolecular Hbond substituents is 1. The van der Waals surface area contributed by atoms with Crippen molar-refractivity contribution >= 4 is 5.97 Å². The van der Waals surface area contributed by atoms with Gasteiger partial charge in [0, 0.05) is 11.1 Å². The highest BCUT2D eigenvalue weighted by Crippen LogP contribution is 2.36. The van der Waals surface area contributed by atoms with Crippen LogP contribution < -0.4 is 0 Å². The number of hydrogen-bond acceptors (Lipinski definition) is 3. The van der Waals surface area contributed by atoms with Gasteiger partial charge in [0.2, 0.25) is 0 Å². The Labute approximate surface area is 153 Å². The van der Waals surface area contributed by atoms with Crippen molar-refractivity contribution in [2.75, 3.05) is 0 Å². The molecule has 3 nitrogen and oxygen atoms in total. The average molecular weight is 372 g/mol. The number of esters is 1. The molecule has 0 saturated carbocycles. The molecule has 0 atom stereocenters. The van der Waals surface area contributed by atoms with Gasteiger partial charge in [0.1, 0.15) is 6.61 Å². The summed E-state index contributed by atoms with van der Waals surface area (Å²) in [6, 6.07) is 13.5. The van der Waals surface area contributed by atoms with E-state index in [1.807, 2.05) is 0 Å². The molecule has 0 bridgehead atoms. The van der Waals surface area contributed by atoms with Gasteiger partial charge in [-0.1, -0.05) is 42.5 Å². The Balaban J connectivity index is 1.89. The van der Waals surface area contributed by atoms with Crippen LogP contribution in [0.25, 0.3) is 11.1 Å². The molecule has 0 radical (unpaired) electrons.